The molecular weight excluding hydrogens is 418 g/mol. The van der Waals surface area contributed by atoms with E-state index in [1.807, 2.05) is 0 Å². The van der Waals surface area contributed by atoms with Gasteiger partial charge in [-0.05, 0) is 36.2 Å². The van der Waals surface area contributed by atoms with Crippen molar-refractivity contribution in [3.8, 4) is 0 Å². The Morgan fingerprint density at radius 2 is 1.97 bits per heavy atom. The maximum atomic E-state index is 14.4. The van der Waals surface area contributed by atoms with Crippen molar-refractivity contribution in [3.05, 3.63) is 80.8 Å². The van der Waals surface area contributed by atoms with Crippen LogP contribution in [0, 0.1) is 5.82 Å². The van der Waals surface area contributed by atoms with E-state index < -0.39 is 17.6 Å². The molecule has 0 spiro atoms. The second-order valence-electron chi connectivity index (χ2n) is 6.62. The Labute approximate surface area is 175 Å². The monoisotopic (exact) mass is 432 g/mol. The summed E-state index contributed by atoms with van der Waals surface area (Å²) in [7, 11) is 0. The molecule has 1 aromatic heterocycles. The van der Waals surface area contributed by atoms with E-state index in [0.29, 0.717) is 22.7 Å². The van der Waals surface area contributed by atoms with E-state index in [-0.39, 0.29) is 29.5 Å². The van der Waals surface area contributed by atoms with E-state index >= 15 is 0 Å². The van der Waals surface area contributed by atoms with Gasteiger partial charge < -0.3 is 10.6 Å². The first-order valence-electron chi connectivity index (χ1n) is 8.76. The summed E-state index contributed by atoms with van der Waals surface area (Å²) in [6.45, 7) is 0.511. The van der Waals surface area contributed by atoms with E-state index in [1.165, 1.54) is 21.7 Å². The molecule has 1 aliphatic rings. The number of carbonyl (C=O) groups is 2. The number of halogens is 3. The third kappa shape index (κ3) is 3.47. The SMILES string of the molecule is NC(=O)c1cccc(Cn2nc3c(c2Cl)CCN(c2cccc(Cl)c2F)C3=O)c1. The van der Waals surface area contributed by atoms with Gasteiger partial charge in [0.25, 0.3) is 5.91 Å². The van der Waals surface area contributed by atoms with Crippen molar-refractivity contribution in [2.24, 2.45) is 5.73 Å². The zero-order chi connectivity index (χ0) is 20.7. The molecule has 2 amide bonds. The van der Waals surface area contributed by atoms with Crippen molar-refractivity contribution in [1.82, 2.24) is 9.78 Å². The average Bonchev–Trinajstić information content (AvgIpc) is 3.01. The number of primary amides is 1. The third-order valence-electron chi connectivity index (χ3n) is 4.78. The highest BCUT2D eigenvalue weighted by atomic mass is 35.5. The first-order valence-corrected chi connectivity index (χ1v) is 9.52. The number of anilines is 1. The van der Waals surface area contributed by atoms with Crippen LogP contribution < -0.4 is 10.6 Å². The first-order chi connectivity index (χ1) is 13.9. The van der Waals surface area contributed by atoms with Crippen LogP contribution in [0.2, 0.25) is 10.2 Å². The molecule has 0 saturated heterocycles. The second-order valence-corrected chi connectivity index (χ2v) is 7.39. The minimum Gasteiger partial charge on any atom is -0.366 e. The Morgan fingerprint density at radius 3 is 2.72 bits per heavy atom. The molecule has 0 aliphatic carbocycles. The number of rotatable bonds is 4. The van der Waals surface area contributed by atoms with Crippen molar-refractivity contribution in [2.75, 3.05) is 11.4 Å². The molecule has 0 radical (unpaired) electrons. The van der Waals surface area contributed by atoms with Gasteiger partial charge in [0.2, 0.25) is 5.91 Å². The topological polar surface area (TPSA) is 81.2 Å². The zero-order valence-corrected chi connectivity index (χ0v) is 16.5. The summed E-state index contributed by atoms with van der Waals surface area (Å²) in [6.07, 6.45) is 0.424. The molecule has 29 heavy (non-hydrogen) atoms. The van der Waals surface area contributed by atoms with Crippen LogP contribution in [0.4, 0.5) is 10.1 Å². The van der Waals surface area contributed by atoms with Crippen molar-refractivity contribution < 1.29 is 14.0 Å². The van der Waals surface area contributed by atoms with Gasteiger partial charge in [-0.3, -0.25) is 9.59 Å². The number of benzene rings is 2. The molecule has 0 fully saturated rings. The number of carbonyl (C=O) groups excluding carboxylic acids is 2. The number of hydrogen-bond acceptors (Lipinski definition) is 3. The summed E-state index contributed by atoms with van der Waals surface area (Å²) >= 11 is 12.3. The van der Waals surface area contributed by atoms with Gasteiger partial charge >= 0.3 is 0 Å². The van der Waals surface area contributed by atoms with Crippen LogP contribution in [0.3, 0.4) is 0 Å². The Balaban J connectivity index is 1.66. The lowest BCUT2D eigenvalue weighted by Gasteiger charge is -2.26. The van der Waals surface area contributed by atoms with Crippen LogP contribution >= 0.6 is 23.2 Å². The second kappa shape index (κ2) is 7.50. The molecule has 2 N–H and O–H groups in total. The smallest absolute Gasteiger partial charge is 0.279 e. The van der Waals surface area contributed by atoms with Crippen molar-refractivity contribution >= 4 is 40.7 Å². The Kier molecular flexibility index (Phi) is 5.02. The molecule has 0 atom stereocenters. The summed E-state index contributed by atoms with van der Waals surface area (Å²) < 4.78 is 15.9. The quantitative estimate of drug-likeness (QED) is 0.682. The van der Waals surface area contributed by atoms with Crippen LogP contribution in [0.5, 0.6) is 0 Å². The average molecular weight is 433 g/mol. The van der Waals surface area contributed by atoms with Crippen LogP contribution in [0.1, 0.15) is 32.0 Å². The molecule has 4 rings (SSSR count). The van der Waals surface area contributed by atoms with Gasteiger partial charge in [0, 0.05) is 17.7 Å². The van der Waals surface area contributed by atoms with Gasteiger partial charge in [0.1, 0.15) is 5.15 Å². The van der Waals surface area contributed by atoms with E-state index in [2.05, 4.69) is 5.10 Å². The fourth-order valence-electron chi connectivity index (χ4n) is 3.36. The minimum atomic E-state index is -0.653. The maximum Gasteiger partial charge on any atom is 0.279 e. The number of amides is 2. The van der Waals surface area contributed by atoms with E-state index in [9.17, 15) is 14.0 Å². The van der Waals surface area contributed by atoms with Gasteiger partial charge in [-0.1, -0.05) is 41.4 Å². The molecule has 0 bridgehead atoms. The fourth-order valence-corrected chi connectivity index (χ4v) is 3.81. The molecule has 2 aromatic carbocycles. The zero-order valence-electron chi connectivity index (χ0n) is 15.0. The molecule has 2 heterocycles. The normalized spacial score (nSPS) is 13.5. The van der Waals surface area contributed by atoms with Crippen LogP contribution in [-0.2, 0) is 13.0 Å². The van der Waals surface area contributed by atoms with Crippen molar-refractivity contribution in [3.63, 3.8) is 0 Å². The molecule has 3 aromatic rings. The molecule has 1 aliphatic heterocycles. The summed E-state index contributed by atoms with van der Waals surface area (Å²) in [6, 6.07) is 11.3. The largest absolute Gasteiger partial charge is 0.366 e. The number of aromatic nitrogens is 2. The predicted octanol–water partition coefficient (Wildman–Crippen LogP) is 3.68. The highest BCUT2D eigenvalue weighted by Crippen LogP contribution is 2.32. The lowest BCUT2D eigenvalue weighted by Crippen LogP contribution is -2.38. The number of hydrogen-bond donors (Lipinski definition) is 1. The van der Waals surface area contributed by atoms with Crippen LogP contribution in [0.15, 0.2) is 42.5 Å². The van der Waals surface area contributed by atoms with Crippen LogP contribution in [0.25, 0.3) is 0 Å². The highest BCUT2D eigenvalue weighted by molar-refractivity contribution is 6.32. The molecular formula is C20H15Cl2FN4O2. The van der Waals surface area contributed by atoms with Crippen molar-refractivity contribution in [2.45, 2.75) is 13.0 Å². The minimum absolute atomic E-state index is 0.0565. The highest BCUT2D eigenvalue weighted by Gasteiger charge is 2.33. The summed E-state index contributed by atoms with van der Waals surface area (Å²) in [5, 5.41) is 4.63. The lowest BCUT2D eigenvalue weighted by atomic mass is 10.1. The van der Waals surface area contributed by atoms with E-state index in [1.54, 1.807) is 30.3 Å². The molecule has 0 saturated carbocycles. The third-order valence-corrected chi connectivity index (χ3v) is 5.50. The van der Waals surface area contributed by atoms with Gasteiger partial charge in [-0.2, -0.15) is 5.10 Å². The Hall–Kier alpha value is -2.90. The summed E-state index contributed by atoms with van der Waals surface area (Å²) in [5.41, 5.74) is 7.34. The first kappa shape index (κ1) is 19.4. The Bertz CT molecular complexity index is 1150. The molecule has 0 unspecified atom stereocenters. The number of fused-ring (bicyclic) bond motifs is 1. The van der Waals surface area contributed by atoms with Gasteiger partial charge in [-0.15, -0.1) is 0 Å². The predicted molar refractivity (Wildman–Crippen MR) is 108 cm³/mol. The summed E-state index contributed by atoms with van der Waals surface area (Å²) in [4.78, 5) is 25.7. The van der Waals surface area contributed by atoms with Gasteiger partial charge in [-0.25, -0.2) is 9.07 Å². The van der Waals surface area contributed by atoms with Crippen molar-refractivity contribution in [1.29, 1.82) is 0 Å². The molecule has 6 nitrogen and oxygen atoms in total. The number of nitrogens with zero attached hydrogens (tertiary/aromatic N) is 3. The van der Waals surface area contributed by atoms with Gasteiger partial charge in [0.15, 0.2) is 11.5 Å². The standard InChI is InChI=1S/C20H15Cl2FN4O2/c21-14-5-2-6-15(16(14)23)26-8-7-13-17(20(26)29)25-27(18(13)22)10-11-3-1-4-12(9-11)19(24)28/h1-6,9H,7-8,10H2,(H2,24,28). The molecule has 9 heteroatoms. The van der Waals surface area contributed by atoms with E-state index in [4.69, 9.17) is 28.9 Å². The fraction of sp³-hybridized carbons (Fsp3) is 0.150. The lowest BCUT2D eigenvalue weighted by molar-refractivity contribution is 0.0972. The number of nitrogens with two attached hydrogens (primary N) is 1. The maximum absolute atomic E-state index is 14.4. The van der Waals surface area contributed by atoms with Gasteiger partial charge in [0.05, 0.1) is 17.3 Å². The van der Waals surface area contributed by atoms with E-state index in [0.717, 1.165) is 5.56 Å². The van der Waals surface area contributed by atoms with Crippen LogP contribution in [-0.4, -0.2) is 28.1 Å². The Morgan fingerprint density at radius 1 is 1.21 bits per heavy atom. The summed E-state index contributed by atoms with van der Waals surface area (Å²) in [5.74, 6) is -1.63. The molecule has 148 valence electrons.